The van der Waals surface area contributed by atoms with Gasteiger partial charge in [-0.15, -0.1) is 0 Å². The van der Waals surface area contributed by atoms with Gasteiger partial charge in [-0.2, -0.15) is 0 Å². The summed E-state index contributed by atoms with van der Waals surface area (Å²) in [5.41, 5.74) is 2.56. The van der Waals surface area contributed by atoms with Crippen LogP contribution in [0.2, 0.25) is 0 Å². The number of carbonyl (C=O) groups is 1. The van der Waals surface area contributed by atoms with Crippen molar-refractivity contribution < 1.29 is 4.79 Å². The molecule has 3 rings (SSSR count). The third-order valence-electron chi connectivity index (χ3n) is 5.58. The predicted molar refractivity (Wildman–Crippen MR) is 98.0 cm³/mol. The van der Waals surface area contributed by atoms with Crippen molar-refractivity contribution in [2.24, 2.45) is 11.8 Å². The van der Waals surface area contributed by atoms with Crippen molar-refractivity contribution in [3.05, 3.63) is 35.4 Å². The molecule has 1 saturated carbocycles. The third kappa shape index (κ3) is 4.10. The highest BCUT2D eigenvalue weighted by molar-refractivity contribution is 5.75. The average molecular weight is 329 g/mol. The molecular weight excluding hydrogens is 298 g/mol. The van der Waals surface area contributed by atoms with Gasteiger partial charge in [0.1, 0.15) is 0 Å². The second-order valence-corrected chi connectivity index (χ2v) is 7.58. The van der Waals surface area contributed by atoms with Crippen LogP contribution in [0.25, 0.3) is 0 Å². The highest BCUT2D eigenvalue weighted by Crippen LogP contribution is 2.42. The van der Waals surface area contributed by atoms with Crippen LogP contribution < -0.4 is 5.32 Å². The second kappa shape index (κ2) is 7.56. The number of nitrogens with one attached hydrogen (secondary N) is 1. The fourth-order valence-corrected chi connectivity index (χ4v) is 3.78. The van der Waals surface area contributed by atoms with Gasteiger partial charge in [0.05, 0.1) is 6.04 Å². The van der Waals surface area contributed by atoms with Gasteiger partial charge in [-0.05, 0) is 62.7 Å². The number of amides is 2. The average Bonchev–Trinajstić information content (AvgIpc) is 3.32. The van der Waals surface area contributed by atoms with E-state index in [1.54, 1.807) is 0 Å². The Bertz CT molecular complexity index is 570. The number of nitrogens with zero attached hydrogens (tertiary/aromatic N) is 2. The van der Waals surface area contributed by atoms with E-state index in [-0.39, 0.29) is 12.1 Å². The molecular formula is C20H31N3O. The van der Waals surface area contributed by atoms with Gasteiger partial charge in [0.2, 0.25) is 0 Å². The first-order chi connectivity index (χ1) is 11.6. The van der Waals surface area contributed by atoms with Gasteiger partial charge in [0.25, 0.3) is 0 Å². The highest BCUT2D eigenvalue weighted by atomic mass is 16.2. The largest absolute Gasteiger partial charge is 0.331 e. The lowest BCUT2D eigenvalue weighted by Gasteiger charge is -2.25. The van der Waals surface area contributed by atoms with Crippen LogP contribution in [0.1, 0.15) is 43.4 Å². The van der Waals surface area contributed by atoms with E-state index in [4.69, 9.17) is 0 Å². The van der Waals surface area contributed by atoms with Gasteiger partial charge >= 0.3 is 6.03 Å². The highest BCUT2D eigenvalue weighted by Gasteiger charge is 2.36. The van der Waals surface area contributed by atoms with Gasteiger partial charge in [-0.25, -0.2) is 4.79 Å². The second-order valence-electron chi connectivity index (χ2n) is 7.58. The summed E-state index contributed by atoms with van der Waals surface area (Å²) in [4.78, 5) is 17.1. The molecule has 0 spiro atoms. The number of benzene rings is 1. The number of urea groups is 1. The zero-order valence-corrected chi connectivity index (χ0v) is 15.3. The van der Waals surface area contributed by atoms with Crippen molar-refractivity contribution >= 4 is 6.03 Å². The minimum absolute atomic E-state index is 0.122. The Morgan fingerprint density at radius 2 is 2.08 bits per heavy atom. The summed E-state index contributed by atoms with van der Waals surface area (Å²) in [6.07, 6.45) is 3.57. The normalized spacial score (nSPS) is 22.0. The Labute approximate surface area is 146 Å². The first kappa shape index (κ1) is 17.3. The van der Waals surface area contributed by atoms with E-state index in [1.807, 2.05) is 4.90 Å². The number of hydrogen-bond acceptors (Lipinski definition) is 2. The summed E-state index contributed by atoms with van der Waals surface area (Å²) in [7, 11) is 2.16. The zero-order valence-electron chi connectivity index (χ0n) is 15.3. The Kier molecular flexibility index (Phi) is 5.44. The van der Waals surface area contributed by atoms with Crippen LogP contribution in [0.5, 0.6) is 0 Å². The minimum Gasteiger partial charge on any atom is -0.331 e. The molecule has 2 atom stereocenters. The molecule has 2 amide bonds. The van der Waals surface area contributed by atoms with Crippen LogP contribution in [0, 0.1) is 18.8 Å². The lowest BCUT2D eigenvalue weighted by molar-refractivity contribution is 0.199. The van der Waals surface area contributed by atoms with Crippen molar-refractivity contribution in [2.75, 3.05) is 33.2 Å². The Balaban J connectivity index is 1.60. The molecule has 0 aromatic heterocycles. The van der Waals surface area contributed by atoms with Crippen molar-refractivity contribution in [1.29, 1.82) is 0 Å². The van der Waals surface area contributed by atoms with E-state index in [2.05, 4.69) is 55.4 Å². The molecule has 2 fully saturated rings. The molecule has 4 nitrogen and oxygen atoms in total. The standard InChI is InChI=1S/C20H31N3O/c1-4-22(3)13-16-11-12-23(14-16)20(24)21-19(17-9-10-17)18-8-6-5-7-15(18)2/h5-8,16-17,19H,4,9-14H2,1-3H3,(H,21,24). The molecule has 24 heavy (non-hydrogen) atoms. The van der Waals surface area contributed by atoms with Crippen LogP contribution in [0.15, 0.2) is 24.3 Å². The van der Waals surface area contributed by atoms with Crippen LogP contribution in [-0.4, -0.2) is 49.1 Å². The smallest absolute Gasteiger partial charge is 0.317 e. The lowest BCUT2D eigenvalue weighted by atomic mass is 9.98. The summed E-state index contributed by atoms with van der Waals surface area (Å²) < 4.78 is 0. The van der Waals surface area contributed by atoms with Crippen molar-refractivity contribution in [2.45, 2.75) is 39.2 Å². The number of hydrogen-bond donors (Lipinski definition) is 1. The van der Waals surface area contributed by atoms with Crippen molar-refractivity contribution in [3.63, 3.8) is 0 Å². The van der Waals surface area contributed by atoms with Crippen LogP contribution >= 0.6 is 0 Å². The maximum absolute atomic E-state index is 12.8. The van der Waals surface area contributed by atoms with Crippen LogP contribution in [-0.2, 0) is 0 Å². The molecule has 1 saturated heterocycles. The maximum atomic E-state index is 12.8. The minimum atomic E-state index is 0.122. The van der Waals surface area contributed by atoms with E-state index >= 15 is 0 Å². The molecule has 132 valence electrons. The molecule has 0 bridgehead atoms. The zero-order chi connectivity index (χ0) is 17.1. The summed E-state index contributed by atoms with van der Waals surface area (Å²) >= 11 is 0. The van der Waals surface area contributed by atoms with E-state index in [0.29, 0.717) is 11.8 Å². The summed E-state index contributed by atoms with van der Waals surface area (Å²) in [6, 6.07) is 8.76. The molecule has 2 unspecified atom stereocenters. The maximum Gasteiger partial charge on any atom is 0.317 e. The Morgan fingerprint density at radius 1 is 1.33 bits per heavy atom. The summed E-state index contributed by atoms with van der Waals surface area (Å²) in [5.74, 6) is 1.22. The van der Waals surface area contributed by atoms with Crippen molar-refractivity contribution in [1.82, 2.24) is 15.1 Å². The number of rotatable bonds is 6. The first-order valence-electron chi connectivity index (χ1n) is 9.38. The topological polar surface area (TPSA) is 35.6 Å². The molecule has 1 aliphatic heterocycles. The summed E-state index contributed by atoms with van der Waals surface area (Å²) in [5, 5.41) is 3.34. The fraction of sp³-hybridized carbons (Fsp3) is 0.650. The SMILES string of the molecule is CCN(C)CC1CCN(C(=O)NC(c2ccccc2C)C2CC2)C1. The molecule has 1 N–H and O–H groups in total. The van der Waals surface area contributed by atoms with Crippen LogP contribution in [0.4, 0.5) is 4.79 Å². The van der Waals surface area contributed by atoms with Gasteiger partial charge < -0.3 is 15.1 Å². The van der Waals surface area contributed by atoms with Gasteiger partial charge in [-0.3, -0.25) is 0 Å². The molecule has 1 heterocycles. The quantitative estimate of drug-likeness (QED) is 0.868. The summed E-state index contributed by atoms with van der Waals surface area (Å²) in [6.45, 7) is 8.26. The monoisotopic (exact) mass is 329 g/mol. The predicted octanol–water partition coefficient (Wildman–Crippen LogP) is 3.43. The van der Waals surface area contributed by atoms with Crippen LogP contribution in [0.3, 0.4) is 0 Å². The van der Waals surface area contributed by atoms with E-state index in [9.17, 15) is 4.79 Å². The molecule has 1 aliphatic carbocycles. The van der Waals surface area contributed by atoms with Gasteiger partial charge in [-0.1, -0.05) is 31.2 Å². The molecule has 4 heteroatoms. The molecule has 1 aromatic rings. The van der Waals surface area contributed by atoms with Gasteiger partial charge in [0.15, 0.2) is 0 Å². The molecule has 2 aliphatic rings. The molecule has 1 aromatic carbocycles. The number of aryl methyl sites for hydroxylation is 1. The van der Waals surface area contributed by atoms with E-state index < -0.39 is 0 Å². The lowest BCUT2D eigenvalue weighted by Crippen LogP contribution is -2.41. The number of carbonyl (C=O) groups excluding carboxylic acids is 1. The fourth-order valence-electron chi connectivity index (χ4n) is 3.78. The Morgan fingerprint density at radius 3 is 2.75 bits per heavy atom. The Hall–Kier alpha value is -1.55. The molecule has 0 radical (unpaired) electrons. The van der Waals surface area contributed by atoms with Gasteiger partial charge in [0, 0.05) is 19.6 Å². The number of likely N-dealkylation sites (tertiary alicyclic amines) is 1. The van der Waals surface area contributed by atoms with Crippen molar-refractivity contribution in [3.8, 4) is 0 Å². The first-order valence-corrected chi connectivity index (χ1v) is 9.38. The van der Waals surface area contributed by atoms with E-state index in [0.717, 1.165) is 32.6 Å². The van der Waals surface area contributed by atoms with E-state index in [1.165, 1.54) is 24.0 Å². The third-order valence-corrected chi connectivity index (χ3v) is 5.58.